The number of amides is 2. The summed E-state index contributed by atoms with van der Waals surface area (Å²) in [5.74, 6) is -0.772. The number of aromatic hydroxyl groups is 1. The molecule has 9 heteroatoms. The Morgan fingerprint density at radius 2 is 2.19 bits per heavy atom. The van der Waals surface area contributed by atoms with Crippen LogP contribution in [0.15, 0.2) is 47.0 Å². The van der Waals surface area contributed by atoms with Crippen molar-refractivity contribution < 1.29 is 19.4 Å². The van der Waals surface area contributed by atoms with Crippen LogP contribution in [0.5, 0.6) is 11.5 Å². The smallest absolute Gasteiger partial charge is 0.234 e. The average molecular weight is 472 g/mol. The number of hydrogen-bond donors (Lipinski definition) is 3. The molecule has 0 aliphatic carbocycles. The van der Waals surface area contributed by atoms with E-state index in [1.165, 1.54) is 6.07 Å². The van der Waals surface area contributed by atoms with Gasteiger partial charge in [-0.15, -0.1) is 0 Å². The zero-order valence-electron chi connectivity index (χ0n) is 17.6. The number of anilines is 1. The molecule has 32 heavy (non-hydrogen) atoms. The summed E-state index contributed by atoms with van der Waals surface area (Å²) < 4.78 is 5.43. The molecule has 2 aromatic rings. The van der Waals surface area contributed by atoms with Gasteiger partial charge in [0.15, 0.2) is 11.5 Å². The summed E-state index contributed by atoms with van der Waals surface area (Å²) in [4.78, 5) is 24.8. The maximum Gasteiger partial charge on any atom is 0.234 e. The summed E-state index contributed by atoms with van der Waals surface area (Å²) in [6, 6.07) is 12.2. The molecule has 3 rings (SSSR count). The van der Waals surface area contributed by atoms with Gasteiger partial charge >= 0.3 is 0 Å². The van der Waals surface area contributed by atoms with Crippen LogP contribution in [0.4, 0.5) is 5.69 Å². The highest BCUT2D eigenvalue weighted by Crippen LogP contribution is 2.39. The second-order valence-corrected chi connectivity index (χ2v) is 8.46. The lowest BCUT2D eigenvalue weighted by molar-refractivity contribution is -0.121. The fourth-order valence-electron chi connectivity index (χ4n) is 3.30. The number of ether oxygens (including phenoxy) is 1. The second-order valence-electron chi connectivity index (χ2n) is 7.07. The van der Waals surface area contributed by atoms with Crippen molar-refractivity contribution in [2.45, 2.75) is 26.2 Å². The van der Waals surface area contributed by atoms with Gasteiger partial charge in [0, 0.05) is 23.0 Å². The molecule has 0 saturated heterocycles. The van der Waals surface area contributed by atoms with Gasteiger partial charge in [0.05, 0.1) is 29.0 Å². The summed E-state index contributed by atoms with van der Waals surface area (Å²) >= 11 is 7.18. The standard InChI is InChI=1S/C23H22ClN3O4S/c1-3-31-20-9-14(7-8-19(20)28)15-10-21(29)27-23(16(15)11-25)32-12-22(30)26-18-6-4-5-17(24)13(18)2/h4-9,15,28H,3,10,12H2,1-2H3,(H,26,30)(H,27,29)/t15-/m0/s1. The normalized spacial score (nSPS) is 15.7. The number of nitrogens with zero attached hydrogens (tertiary/aromatic N) is 1. The quantitative estimate of drug-likeness (QED) is 0.549. The number of phenols is 1. The maximum absolute atomic E-state index is 12.5. The van der Waals surface area contributed by atoms with E-state index in [1.54, 1.807) is 37.3 Å². The zero-order valence-corrected chi connectivity index (χ0v) is 19.1. The second kappa shape index (κ2) is 10.4. The first kappa shape index (κ1) is 23.5. The Labute approximate surface area is 195 Å². The van der Waals surface area contributed by atoms with Crippen molar-refractivity contribution in [2.75, 3.05) is 17.7 Å². The number of allylic oxidation sites excluding steroid dienone is 1. The lowest BCUT2D eigenvalue weighted by atomic mass is 9.87. The van der Waals surface area contributed by atoms with Gasteiger partial charge in [0.25, 0.3) is 0 Å². The fraction of sp³-hybridized carbons (Fsp3) is 0.261. The van der Waals surface area contributed by atoms with E-state index in [0.29, 0.717) is 39.2 Å². The van der Waals surface area contributed by atoms with E-state index in [4.69, 9.17) is 16.3 Å². The Bertz CT molecular complexity index is 1130. The number of rotatable bonds is 7. The summed E-state index contributed by atoms with van der Waals surface area (Å²) in [6.45, 7) is 3.97. The number of nitrogens with one attached hydrogen (secondary N) is 2. The predicted octanol–water partition coefficient (Wildman–Crippen LogP) is 4.46. The number of carbonyl (C=O) groups excluding carboxylic acids is 2. The number of phenolic OH excluding ortho intramolecular Hbond substituents is 1. The van der Waals surface area contributed by atoms with Crippen molar-refractivity contribution in [1.82, 2.24) is 5.32 Å². The summed E-state index contributed by atoms with van der Waals surface area (Å²) in [5.41, 5.74) is 2.40. The highest BCUT2D eigenvalue weighted by atomic mass is 35.5. The highest BCUT2D eigenvalue weighted by molar-refractivity contribution is 8.03. The van der Waals surface area contributed by atoms with E-state index >= 15 is 0 Å². The van der Waals surface area contributed by atoms with Crippen LogP contribution in [0.1, 0.15) is 30.4 Å². The minimum atomic E-state index is -0.505. The first-order valence-electron chi connectivity index (χ1n) is 9.91. The van der Waals surface area contributed by atoms with Gasteiger partial charge in [-0.25, -0.2) is 0 Å². The van der Waals surface area contributed by atoms with Gasteiger partial charge in [-0.05, 0) is 49.2 Å². The molecule has 166 valence electrons. The van der Waals surface area contributed by atoms with Gasteiger partial charge in [0.2, 0.25) is 11.8 Å². The van der Waals surface area contributed by atoms with E-state index in [9.17, 15) is 20.0 Å². The number of halogens is 1. The molecule has 2 aromatic carbocycles. The summed E-state index contributed by atoms with van der Waals surface area (Å²) in [5, 5.41) is 26.2. The molecular formula is C23H22ClN3O4S. The molecular weight excluding hydrogens is 450 g/mol. The van der Waals surface area contributed by atoms with Crippen molar-refractivity contribution in [3.05, 3.63) is 63.1 Å². The van der Waals surface area contributed by atoms with Crippen molar-refractivity contribution in [3.63, 3.8) is 0 Å². The number of benzene rings is 2. The number of thioether (sulfide) groups is 1. The maximum atomic E-state index is 12.5. The van der Waals surface area contributed by atoms with E-state index in [1.807, 2.05) is 6.92 Å². The van der Waals surface area contributed by atoms with Crippen LogP contribution in [0.2, 0.25) is 5.02 Å². The molecule has 1 atom stereocenters. The molecule has 0 fully saturated rings. The lowest BCUT2D eigenvalue weighted by Crippen LogP contribution is -2.31. The van der Waals surface area contributed by atoms with Crippen LogP contribution in [-0.4, -0.2) is 29.3 Å². The topological polar surface area (TPSA) is 111 Å². The highest BCUT2D eigenvalue weighted by Gasteiger charge is 2.30. The summed E-state index contributed by atoms with van der Waals surface area (Å²) in [6.07, 6.45) is 0.0806. The lowest BCUT2D eigenvalue weighted by Gasteiger charge is -2.25. The molecule has 0 bridgehead atoms. The van der Waals surface area contributed by atoms with Crippen molar-refractivity contribution in [3.8, 4) is 17.6 Å². The summed E-state index contributed by atoms with van der Waals surface area (Å²) in [7, 11) is 0. The number of nitriles is 1. The van der Waals surface area contributed by atoms with Gasteiger partial charge in [-0.3, -0.25) is 9.59 Å². The third-order valence-electron chi connectivity index (χ3n) is 4.93. The van der Waals surface area contributed by atoms with Crippen molar-refractivity contribution >= 4 is 40.9 Å². The molecule has 1 aliphatic heterocycles. The Morgan fingerprint density at radius 3 is 2.91 bits per heavy atom. The zero-order chi connectivity index (χ0) is 23.3. The first-order valence-corrected chi connectivity index (χ1v) is 11.3. The Kier molecular flexibility index (Phi) is 7.67. The van der Waals surface area contributed by atoms with Gasteiger partial charge in [0.1, 0.15) is 0 Å². The van der Waals surface area contributed by atoms with E-state index in [0.717, 1.165) is 17.3 Å². The van der Waals surface area contributed by atoms with Crippen LogP contribution >= 0.6 is 23.4 Å². The Balaban J connectivity index is 1.80. The van der Waals surface area contributed by atoms with E-state index in [-0.39, 0.29) is 29.7 Å². The van der Waals surface area contributed by atoms with Crippen LogP contribution < -0.4 is 15.4 Å². The molecule has 0 saturated carbocycles. The molecule has 0 spiro atoms. The Morgan fingerprint density at radius 1 is 1.41 bits per heavy atom. The monoisotopic (exact) mass is 471 g/mol. The number of carbonyl (C=O) groups is 2. The minimum Gasteiger partial charge on any atom is -0.504 e. The number of hydrogen-bond acceptors (Lipinski definition) is 6. The minimum absolute atomic E-state index is 0.000754. The van der Waals surface area contributed by atoms with Crippen LogP contribution in [-0.2, 0) is 9.59 Å². The molecule has 0 aromatic heterocycles. The molecule has 0 unspecified atom stereocenters. The van der Waals surface area contributed by atoms with Crippen molar-refractivity contribution in [2.24, 2.45) is 0 Å². The molecule has 1 heterocycles. The van der Waals surface area contributed by atoms with Crippen LogP contribution in [0, 0.1) is 18.3 Å². The third-order valence-corrected chi connectivity index (χ3v) is 6.36. The average Bonchev–Trinajstić information content (AvgIpc) is 2.76. The largest absolute Gasteiger partial charge is 0.504 e. The molecule has 1 aliphatic rings. The third kappa shape index (κ3) is 5.36. The van der Waals surface area contributed by atoms with Gasteiger partial charge < -0.3 is 20.5 Å². The predicted molar refractivity (Wildman–Crippen MR) is 125 cm³/mol. The van der Waals surface area contributed by atoms with Gasteiger partial charge in [-0.2, -0.15) is 5.26 Å². The van der Waals surface area contributed by atoms with Crippen molar-refractivity contribution in [1.29, 1.82) is 5.26 Å². The van der Waals surface area contributed by atoms with Gasteiger partial charge in [-0.1, -0.05) is 35.5 Å². The molecule has 2 amide bonds. The Hall–Kier alpha value is -3.15. The van der Waals surface area contributed by atoms with Crippen LogP contribution in [0.3, 0.4) is 0 Å². The van der Waals surface area contributed by atoms with E-state index in [2.05, 4.69) is 16.7 Å². The van der Waals surface area contributed by atoms with E-state index < -0.39 is 5.92 Å². The SMILES string of the molecule is CCOc1cc([C@@H]2CC(=O)NC(SCC(=O)Nc3cccc(Cl)c3C)=C2C#N)ccc1O. The molecule has 0 radical (unpaired) electrons. The molecule has 3 N–H and O–H groups in total. The fourth-order valence-corrected chi connectivity index (χ4v) is 4.35. The molecule has 7 nitrogen and oxygen atoms in total. The van der Waals surface area contributed by atoms with Crippen LogP contribution in [0.25, 0.3) is 0 Å². The first-order chi connectivity index (χ1) is 15.3.